The van der Waals surface area contributed by atoms with Gasteiger partial charge in [-0.1, -0.05) is 26.0 Å². The molecule has 0 atom stereocenters. The monoisotopic (exact) mass is 261 g/mol. The van der Waals surface area contributed by atoms with Crippen molar-refractivity contribution in [2.45, 2.75) is 39.5 Å². The van der Waals surface area contributed by atoms with Crippen molar-refractivity contribution in [1.29, 1.82) is 0 Å². The molecule has 0 aliphatic heterocycles. The van der Waals surface area contributed by atoms with Crippen LogP contribution in [0, 0.1) is 0 Å². The van der Waals surface area contributed by atoms with Gasteiger partial charge in [-0.3, -0.25) is 14.4 Å². The fourth-order valence-electron chi connectivity index (χ4n) is 2.00. The van der Waals surface area contributed by atoms with Gasteiger partial charge >= 0.3 is 0 Å². The van der Waals surface area contributed by atoms with E-state index < -0.39 is 5.91 Å². The average Bonchev–Trinajstić information content (AvgIpc) is 2.38. The Balaban J connectivity index is 3.37. The first-order valence-electron chi connectivity index (χ1n) is 6.52. The predicted octanol–water partition coefficient (Wildman–Crippen LogP) is 2.75. The molecule has 0 radical (unpaired) electrons. The molecule has 0 saturated heterocycles. The molecule has 0 spiro atoms. The molecule has 0 unspecified atom stereocenters. The molecule has 0 aliphatic carbocycles. The van der Waals surface area contributed by atoms with E-state index in [2.05, 4.69) is 0 Å². The van der Waals surface area contributed by atoms with E-state index in [4.69, 9.17) is 5.73 Å². The van der Waals surface area contributed by atoms with Crippen LogP contribution < -0.4 is 5.73 Å². The number of ketones is 2. The lowest BCUT2D eigenvalue weighted by Crippen LogP contribution is -2.19. The zero-order valence-corrected chi connectivity index (χ0v) is 11.4. The molecule has 102 valence electrons. The minimum Gasteiger partial charge on any atom is -0.366 e. The van der Waals surface area contributed by atoms with Crippen molar-refractivity contribution < 1.29 is 14.4 Å². The number of carbonyl (C=O) groups is 3. The Morgan fingerprint density at radius 3 is 2.00 bits per heavy atom. The van der Waals surface area contributed by atoms with Crippen molar-refractivity contribution in [3.63, 3.8) is 0 Å². The first-order valence-corrected chi connectivity index (χ1v) is 6.52. The molecule has 0 heterocycles. The highest BCUT2D eigenvalue weighted by atomic mass is 16.1. The maximum Gasteiger partial charge on any atom is 0.249 e. The molecule has 4 heteroatoms. The smallest absolute Gasteiger partial charge is 0.249 e. The molecule has 0 saturated carbocycles. The quantitative estimate of drug-likeness (QED) is 0.766. The van der Waals surface area contributed by atoms with E-state index in [0.29, 0.717) is 31.2 Å². The Labute approximate surface area is 113 Å². The maximum atomic E-state index is 12.1. The second-order valence-electron chi connectivity index (χ2n) is 4.44. The summed E-state index contributed by atoms with van der Waals surface area (Å²) >= 11 is 0. The van der Waals surface area contributed by atoms with E-state index in [1.807, 2.05) is 13.8 Å². The molecule has 1 aromatic carbocycles. The highest BCUT2D eigenvalue weighted by Gasteiger charge is 2.21. The Kier molecular flexibility index (Phi) is 5.42. The number of primary amides is 1. The molecular formula is C15H19NO3. The third kappa shape index (κ3) is 3.50. The average molecular weight is 261 g/mol. The maximum absolute atomic E-state index is 12.1. The molecule has 1 amide bonds. The molecule has 19 heavy (non-hydrogen) atoms. The van der Waals surface area contributed by atoms with Crippen LogP contribution in [0.5, 0.6) is 0 Å². The third-order valence-corrected chi connectivity index (χ3v) is 2.86. The molecular weight excluding hydrogens is 242 g/mol. The van der Waals surface area contributed by atoms with Gasteiger partial charge in [0.15, 0.2) is 11.6 Å². The first-order chi connectivity index (χ1) is 9.02. The molecule has 0 fully saturated rings. The standard InChI is InChI=1S/C15H19NO3/c1-3-6-12(17)10-8-5-9-11(15(16)19)14(10)13(18)7-4-2/h5,8-9H,3-4,6-7H2,1-2H3,(H2,16,19). The number of Topliss-reactive ketones (excluding diaryl/α,β-unsaturated/α-hetero) is 2. The predicted molar refractivity (Wildman–Crippen MR) is 73.4 cm³/mol. The van der Waals surface area contributed by atoms with E-state index in [1.54, 1.807) is 12.1 Å². The zero-order valence-electron chi connectivity index (χ0n) is 11.4. The number of amides is 1. The van der Waals surface area contributed by atoms with Crippen molar-refractivity contribution in [1.82, 2.24) is 0 Å². The molecule has 0 aliphatic rings. The lowest BCUT2D eigenvalue weighted by molar-refractivity contribution is 0.0939. The van der Waals surface area contributed by atoms with Gasteiger partial charge in [-0.2, -0.15) is 0 Å². The summed E-state index contributed by atoms with van der Waals surface area (Å²) in [6, 6.07) is 4.67. The van der Waals surface area contributed by atoms with Crippen LogP contribution in [-0.4, -0.2) is 17.5 Å². The van der Waals surface area contributed by atoms with Gasteiger partial charge in [0.2, 0.25) is 5.91 Å². The zero-order chi connectivity index (χ0) is 14.4. The highest BCUT2D eigenvalue weighted by Crippen LogP contribution is 2.20. The first kappa shape index (κ1) is 15.1. The summed E-state index contributed by atoms with van der Waals surface area (Å²) in [6.07, 6.45) is 2.01. The number of rotatable bonds is 7. The second kappa shape index (κ2) is 6.83. The van der Waals surface area contributed by atoms with Gasteiger partial charge in [0, 0.05) is 24.0 Å². The summed E-state index contributed by atoms with van der Waals surface area (Å²) in [4.78, 5) is 35.6. The molecule has 0 bridgehead atoms. The molecule has 2 N–H and O–H groups in total. The van der Waals surface area contributed by atoms with Gasteiger partial charge in [-0.25, -0.2) is 0 Å². The Morgan fingerprint density at radius 1 is 0.947 bits per heavy atom. The number of carbonyl (C=O) groups excluding carboxylic acids is 3. The molecule has 1 rings (SSSR count). The van der Waals surface area contributed by atoms with Crippen LogP contribution in [0.2, 0.25) is 0 Å². The lowest BCUT2D eigenvalue weighted by Gasteiger charge is -2.11. The molecule has 4 nitrogen and oxygen atoms in total. The largest absolute Gasteiger partial charge is 0.366 e. The minimum atomic E-state index is -0.675. The van der Waals surface area contributed by atoms with E-state index in [9.17, 15) is 14.4 Å². The number of benzene rings is 1. The van der Waals surface area contributed by atoms with E-state index >= 15 is 0 Å². The van der Waals surface area contributed by atoms with Gasteiger partial charge in [0.05, 0.1) is 5.56 Å². The lowest BCUT2D eigenvalue weighted by atomic mass is 9.91. The van der Waals surface area contributed by atoms with E-state index in [-0.39, 0.29) is 22.7 Å². The summed E-state index contributed by atoms with van der Waals surface area (Å²) in [7, 11) is 0. The van der Waals surface area contributed by atoms with Gasteiger partial charge < -0.3 is 5.73 Å². The Bertz CT molecular complexity index is 506. The third-order valence-electron chi connectivity index (χ3n) is 2.86. The highest BCUT2D eigenvalue weighted by molar-refractivity contribution is 6.14. The fourth-order valence-corrected chi connectivity index (χ4v) is 2.00. The van der Waals surface area contributed by atoms with Crippen LogP contribution in [0.3, 0.4) is 0 Å². The number of hydrogen-bond donors (Lipinski definition) is 1. The summed E-state index contributed by atoms with van der Waals surface area (Å²) in [5.41, 5.74) is 5.93. The topological polar surface area (TPSA) is 77.2 Å². The van der Waals surface area contributed by atoms with Crippen molar-refractivity contribution >= 4 is 17.5 Å². The normalized spacial score (nSPS) is 10.2. The van der Waals surface area contributed by atoms with Gasteiger partial charge in [-0.15, -0.1) is 0 Å². The number of hydrogen-bond acceptors (Lipinski definition) is 3. The van der Waals surface area contributed by atoms with Crippen LogP contribution >= 0.6 is 0 Å². The molecule has 0 aromatic heterocycles. The van der Waals surface area contributed by atoms with Gasteiger partial charge in [0.1, 0.15) is 0 Å². The summed E-state index contributed by atoms with van der Waals surface area (Å²) in [6.45, 7) is 3.77. The molecule has 1 aromatic rings. The van der Waals surface area contributed by atoms with Crippen molar-refractivity contribution in [2.75, 3.05) is 0 Å². The SMILES string of the molecule is CCCC(=O)c1cccc(C(N)=O)c1C(=O)CCC. The van der Waals surface area contributed by atoms with Crippen LogP contribution in [0.25, 0.3) is 0 Å². The number of nitrogens with two attached hydrogens (primary N) is 1. The Hall–Kier alpha value is -1.97. The van der Waals surface area contributed by atoms with Crippen LogP contribution in [0.4, 0.5) is 0 Å². The Morgan fingerprint density at radius 2 is 1.47 bits per heavy atom. The van der Waals surface area contributed by atoms with Crippen LogP contribution in [0.1, 0.15) is 70.6 Å². The van der Waals surface area contributed by atoms with Gasteiger partial charge in [0.25, 0.3) is 0 Å². The van der Waals surface area contributed by atoms with Crippen molar-refractivity contribution in [3.8, 4) is 0 Å². The van der Waals surface area contributed by atoms with E-state index in [1.165, 1.54) is 6.07 Å². The van der Waals surface area contributed by atoms with Crippen LogP contribution in [0.15, 0.2) is 18.2 Å². The van der Waals surface area contributed by atoms with Crippen molar-refractivity contribution in [3.05, 3.63) is 34.9 Å². The van der Waals surface area contributed by atoms with E-state index in [0.717, 1.165) is 0 Å². The second-order valence-corrected chi connectivity index (χ2v) is 4.44. The van der Waals surface area contributed by atoms with Crippen molar-refractivity contribution in [2.24, 2.45) is 5.73 Å². The summed E-state index contributed by atoms with van der Waals surface area (Å²) < 4.78 is 0. The summed E-state index contributed by atoms with van der Waals surface area (Å²) in [5, 5.41) is 0. The summed E-state index contributed by atoms with van der Waals surface area (Å²) in [5.74, 6) is -0.994. The van der Waals surface area contributed by atoms with Gasteiger partial charge in [-0.05, 0) is 18.9 Å². The van der Waals surface area contributed by atoms with Crippen LogP contribution in [-0.2, 0) is 0 Å². The fraction of sp³-hybridized carbons (Fsp3) is 0.400. The minimum absolute atomic E-state index is 0.120.